The molecule has 0 radical (unpaired) electrons. The number of aromatic nitrogens is 2. The Morgan fingerprint density at radius 3 is 3.00 bits per heavy atom. The van der Waals surface area contributed by atoms with Gasteiger partial charge in [-0.15, -0.1) is 0 Å². The third-order valence-electron chi connectivity index (χ3n) is 2.89. The van der Waals surface area contributed by atoms with Gasteiger partial charge in [0.15, 0.2) is 5.58 Å². The summed E-state index contributed by atoms with van der Waals surface area (Å²) in [5, 5.41) is 2.24. The Morgan fingerprint density at radius 2 is 2.00 bits per heavy atom. The van der Waals surface area contributed by atoms with Crippen LogP contribution >= 0.6 is 0 Å². The van der Waals surface area contributed by atoms with E-state index in [9.17, 15) is 0 Å². The molecule has 0 amide bonds. The van der Waals surface area contributed by atoms with Gasteiger partial charge in [-0.05, 0) is 18.2 Å². The zero-order valence-electron chi connectivity index (χ0n) is 8.40. The number of rotatable bonds is 0. The number of hydrogen-bond acceptors (Lipinski definition) is 2. The van der Waals surface area contributed by atoms with E-state index >= 15 is 0 Å². The van der Waals surface area contributed by atoms with Crippen LogP contribution in [0.2, 0.25) is 0 Å². The van der Waals surface area contributed by atoms with Gasteiger partial charge in [0.2, 0.25) is 5.71 Å². The molecule has 4 rings (SSSR count). The number of hydrogen-bond donors (Lipinski definition) is 1. The lowest BCUT2D eigenvalue weighted by atomic mass is 10.2. The van der Waals surface area contributed by atoms with E-state index in [0.29, 0.717) is 0 Å². The molecule has 1 N–H and O–H groups in total. The first kappa shape index (κ1) is 7.93. The van der Waals surface area contributed by atoms with Crippen molar-refractivity contribution in [2.45, 2.75) is 0 Å². The summed E-state index contributed by atoms with van der Waals surface area (Å²) < 4.78 is 5.72. The number of nitrogens with zero attached hydrogens (tertiary/aromatic N) is 1. The maximum Gasteiger partial charge on any atom is 0.208 e. The maximum absolute atomic E-state index is 5.72. The molecule has 16 heavy (non-hydrogen) atoms. The van der Waals surface area contributed by atoms with Gasteiger partial charge in [-0.1, -0.05) is 18.2 Å². The molecule has 0 fully saturated rings. The van der Waals surface area contributed by atoms with Gasteiger partial charge in [-0.25, -0.2) is 0 Å². The fourth-order valence-electron chi connectivity index (χ4n) is 2.20. The van der Waals surface area contributed by atoms with Crippen LogP contribution in [0, 0.1) is 0 Å². The Balaban J connectivity index is 2.38. The lowest BCUT2D eigenvalue weighted by Crippen LogP contribution is -1.71. The van der Waals surface area contributed by atoms with Crippen LogP contribution in [-0.4, -0.2) is 9.97 Å². The maximum atomic E-state index is 5.72. The molecule has 3 heterocycles. The number of aromatic amines is 1. The molecular formula is C13H8N2O. The van der Waals surface area contributed by atoms with Crippen molar-refractivity contribution in [1.29, 1.82) is 0 Å². The highest BCUT2D eigenvalue weighted by molar-refractivity contribution is 6.17. The van der Waals surface area contributed by atoms with Crippen molar-refractivity contribution in [2.75, 3.05) is 0 Å². The van der Waals surface area contributed by atoms with Crippen LogP contribution in [0.3, 0.4) is 0 Å². The summed E-state index contributed by atoms with van der Waals surface area (Å²) in [6, 6.07) is 12.0. The monoisotopic (exact) mass is 208 g/mol. The third kappa shape index (κ3) is 0.852. The highest BCUT2D eigenvalue weighted by Crippen LogP contribution is 2.32. The molecule has 3 heteroatoms. The minimum absolute atomic E-state index is 0.801. The predicted octanol–water partition coefficient (Wildman–Crippen LogP) is 3.46. The number of H-pyrrole nitrogens is 1. The van der Waals surface area contributed by atoms with Crippen LogP contribution in [0.1, 0.15) is 0 Å². The van der Waals surface area contributed by atoms with Crippen LogP contribution in [0.25, 0.3) is 33.1 Å². The minimum atomic E-state index is 0.801. The topological polar surface area (TPSA) is 41.8 Å². The van der Waals surface area contributed by atoms with E-state index in [4.69, 9.17) is 4.42 Å². The van der Waals surface area contributed by atoms with Crippen molar-refractivity contribution in [2.24, 2.45) is 0 Å². The van der Waals surface area contributed by atoms with Crippen molar-refractivity contribution < 1.29 is 4.42 Å². The van der Waals surface area contributed by atoms with Crippen LogP contribution in [0.4, 0.5) is 0 Å². The number of nitrogens with one attached hydrogen (secondary N) is 1. The summed E-state index contributed by atoms with van der Waals surface area (Å²) in [4.78, 5) is 7.64. The van der Waals surface area contributed by atoms with Gasteiger partial charge in [0.05, 0.1) is 5.39 Å². The number of para-hydroxylation sites is 1. The standard InChI is InChI=1S/C13H8N2O/c1-2-5-9-8(4-1)11-12-10(6-3-7-14-12)16-13(11)15-9/h1-7,15H. The molecule has 0 aliphatic heterocycles. The van der Waals surface area contributed by atoms with Crippen LogP contribution in [-0.2, 0) is 0 Å². The fourth-order valence-corrected chi connectivity index (χ4v) is 2.20. The number of benzene rings is 1. The highest BCUT2D eigenvalue weighted by atomic mass is 16.3. The van der Waals surface area contributed by atoms with E-state index in [1.807, 2.05) is 30.3 Å². The zero-order chi connectivity index (χ0) is 10.5. The van der Waals surface area contributed by atoms with Crippen molar-refractivity contribution in [1.82, 2.24) is 9.97 Å². The first-order valence-electron chi connectivity index (χ1n) is 5.17. The molecule has 0 saturated heterocycles. The third-order valence-corrected chi connectivity index (χ3v) is 2.89. The Morgan fingerprint density at radius 1 is 1.06 bits per heavy atom. The second-order valence-corrected chi connectivity index (χ2v) is 3.83. The minimum Gasteiger partial charge on any atom is -0.438 e. The second-order valence-electron chi connectivity index (χ2n) is 3.83. The highest BCUT2D eigenvalue weighted by Gasteiger charge is 2.12. The summed E-state index contributed by atoms with van der Waals surface area (Å²) in [6.07, 6.45) is 1.79. The van der Waals surface area contributed by atoms with Gasteiger partial charge >= 0.3 is 0 Å². The molecular weight excluding hydrogens is 200 g/mol. The van der Waals surface area contributed by atoms with Gasteiger partial charge in [-0.2, -0.15) is 0 Å². The Hall–Kier alpha value is -2.29. The quantitative estimate of drug-likeness (QED) is 0.480. The van der Waals surface area contributed by atoms with E-state index in [1.54, 1.807) is 6.20 Å². The van der Waals surface area contributed by atoms with Crippen molar-refractivity contribution in [3.8, 4) is 0 Å². The van der Waals surface area contributed by atoms with Gasteiger partial charge in [-0.3, -0.25) is 4.98 Å². The van der Waals surface area contributed by atoms with Crippen molar-refractivity contribution in [3.63, 3.8) is 0 Å². The SMILES string of the molecule is c1ccc2c(c1)[nH]c1oc3cccnc3c12. The Kier molecular flexibility index (Phi) is 1.31. The van der Waals surface area contributed by atoms with E-state index in [2.05, 4.69) is 16.0 Å². The molecule has 0 aliphatic rings. The molecule has 0 bridgehead atoms. The average molecular weight is 208 g/mol. The van der Waals surface area contributed by atoms with Crippen LogP contribution < -0.4 is 0 Å². The first-order chi connectivity index (χ1) is 7.93. The number of pyridine rings is 1. The summed E-state index contributed by atoms with van der Waals surface area (Å²) >= 11 is 0. The molecule has 76 valence electrons. The van der Waals surface area contributed by atoms with E-state index in [-0.39, 0.29) is 0 Å². The molecule has 0 spiro atoms. The van der Waals surface area contributed by atoms with Gasteiger partial charge in [0.1, 0.15) is 5.52 Å². The Labute approximate surface area is 90.7 Å². The normalized spacial score (nSPS) is 11.8. The molecule has 3 nitrogen and oxygen atoms in total. The largest absolute Gasteiger partial charge is 0.438 e. The zero-order valence-corrected chi connectivity index (χ0v) is 8.40. The number of furan rings is 1. The van der Waals surface area contributed by atoms with E-state index < -0.39 is 0 Å². The second kappa shape index (κ2) is 2.64. The van der Waals surface area contributed by atoms with Crippen molar-refractivity contribution in [3.05, 3.63) is 42.6 Å². The van der Waals surface area contributed by atoms with Crippen LogP contribution in [0.15, 0.2) is 47.0 Å². The lowest BCUT2D eigenvalue weighted by molar-refractivity contribution is 0.656. The van der Waals surface area contributed by atoms with Gasteiger partial charge < -0.3 is 9.40 Å². The molecule has 0 unspecified atom stereocenters. The first-order valence-corrected chi connectivity index (χ1v) is 5.17. The molecule has 1 aromatic carbocycles. The fraction of sp³-hybridized carbons (Fsp3) is 0. The van der Waals surface area contributed by atoms with E-state index in [1.165, 1.54) is 0 Å². The smallest absolute Gasteiger partial charge is 0.208 e. The summed E-state index contributed by atoms with van der Waals surface area (Å²) in [7, 11) is 0. The van der Waals surface area contributed by atoms with Gasteiger partial charge in [0.25, 0.3) is 0 Å². The summed E-state index contributed by atoms with van der Waals surface area (Å²) in [6.45, 7) is 0. The Bertz CT molecular complexity index is 745. The average Bonchev–Trinajstić information content (AvgIpc) is 2.83. The summed E-state index contributed by atoms with van der Waals surface area (Å²) in [5.74, 6) is 0. The molecule has 0 atom stereocenters. The predicted molar refractivity (Wildman–Crippen MR) is 63.4 cm³/mol. The molecule has 3 aromatic heterocycles. The van der Waals surface area contributed by atoms with Crippen LogP contribution in [0.5, 0.6) is 0 Å². The van der Waals surface area contributed by atoms with Gasteiger partial charge in [0, 0.05) is 17.1 Å². The molecule has 4 aromatic rings. The molecule has 0 saturated carbocycles. The molecule has 0 aliphatic carbocycles. The lowest BCUT2D eigenvalue weighted by Gasteiger charge is -1.89. The van der Waals surface area contributed by atoms with Crippen molar-refractivity contribution >= 4 is 33.1 Å². The number of fused-ring (bicyclic) bond motifs is 5. The summed E-state index contributed by atoms with van der Waals surface area (Å²) in [5.41, 5.74) is 3.64. The van der Waals surface area contributed by atoms with E-state index in [0.717, 1.165) is 33.1 Å².